The fourth-order valence-corrected chi connectivity index (χ4v) is 3.92. The Morgan fingerprint density at radius 2 is 1.81 bits per heavy atom. The minimum absolute atomic E-state index is 0.390. The third-order valence-electron chi connectivity index (χ3n) is 5.10. The number of aromatic nitrogens is 5. The van der Waals surface area contributed by atoms with Crippen LogP contribution in [-0.2, 0) is 13.1 Å². The summed E-state index contributed by atoms with van der Waals surface area (Å²) >= 11 is 12.3. The lowest BCUT2D eigenvalue weighted by atomic mass is 10.1. The van der Waals surface area contributed by atoms with Crippen LogP contribution in [0, 0.1) is 0 Å². The largest absolute Gasteiger partial charge is 0.326 e. The van der Waals surface area contributed by atoms with Crippen LogP contribution in [0.3, 0.4) is 0 Å². The van der Waals surface area contributed by atoms with Gasteiger partial charge in [0.2, 0.25) is 0 Å². The number of nitrogens with two attached hydrogens (primary N) is 1. The zero-order valence-corrected chi connectivity index (χ0v) is 17.9. The average molecular weight is 449 g/mol. The van der Waals surface area contributed by atoms with E-state index >= 15 is 0 Å². The third kappa shape index (κ3) is 3.81. The Bertz CT molecular complexity index is 1370. The predicted molar refractivity (Wildman–Crippen MR) is 123 cm³/mol. The van der Waals surface area contributed by atoms with Crippen LogP contribution in [0.25, 0.3) is 28.3 Å². The van der Waals surface area contributed by atoms with Gasteiger partial charge in [0.1, 0.15) is 17.0 Å². The first kappa shape index (κ1) is 19.8. The Kier molecular flexibility index (Phi) is 5.19. The van der Waals surface area contributed by atoms with Crippen molar-refractivity contribution in [3.63, 3.8) is 0 Å². The normalized spacial score (nSPS) is 11.3. The Morgan fingerprint density at radius 3 is 2.61 bits per heavy atom. The predicted octanol–water partition coefficient (Wildman–Crippen LogP) is 5.07. The van der Waals surface area contributed by atoms with Crippen LogP contribution < -0.4 is 5.73 Å². The van der Waals surface area contributed by atoms with Gasteiger partial charge in [0, 0.05) is 28.4 Å². The fraction of sp³-hybridized carbons (Fsp3) is 0.0870. The molecule has 0 aliphatic carbocycles. The van der Waals surface area contributed by atoms with Crippen molar-refractivity contribution in [1.29, 1.82) is 0 Å². The molecule has 0 unspecified atom stereocenters. The van der Waals surface area contributed by atoms with Gasteiger partial charge in [0.05, 0.1) is 18.4 Å². The Balaban J connectivity index is 1.56. The average Bonchev–Trinajstić information content (AvgIpc) is 3.39. The lowest BCUT2D eigenvalue weighted by molar-refractivity contribution is 0.649. The summed E-state index contributed by atoms with van der Waals surface area (Å²) < 4.78 is 3.82. The van der Waals surface area contributed by atoms with Crippen molar-refractivity contribution in [2.75, 3.05) is 0 Å². The minimum Gasteiger partial charge on any atom is -0.326 e. The fourth-order valence-electron chi connectivity index (χ4n) is 3.60. The molecular formula is C23H18Cl2N6. The van der Waals surface area contributed by atoms with Crippen molar-refractivity contribution in [3.8, 4) is 22.6 Å². The van der Waals surface area contributed by atoms with Crippen LogP contribution >= 0.6 is 23.2 Å². The monoisotopic (exact) mass is 448 g/mol. The first-order valence-corrected chi connectivity index (χ1v) is 10.5. The van der Waals surface area contributed by atoms with Gasteiger partial charge < -0.3 is 5.73 Å². The second kappa shape index (κ2) is 8.15. The zero-order valence-electron chi connectivity index (χ0n) is 16.4. The van der Waals surface area contributed by atoms with Crippen molar-refractivity contribution < 1.29 is 0 Å². The van der Waals surface area contributed by atoms with Crippen LogP contribution in [0.1, 0.15) is 11.1 Å². The van der Waals surface area contributed by atoms with E-state index in [-0.39, 0.29) is 0 Å². The number of hydrogen-bond donors (Lipinski definition) is 1. The Labute approximate surface area is 188 Å². The summed E-state index contributed by atoms with van der Waals surface area (Å²) in [5, 5.41) is 10.1. The van der Waals surface area contributed by atoms with E-state index in [9.17, 15) is 0 Å². The lowest BCUT2D eigenvalue weighted by Gasteiger charge is -2.06. The summed E-state index contributed by atoms with van der Waals surface area (Å²) in [6.07, 6.45) is 3.90. The van der Waals surface area contributed by atoms with E-state index in [0.29, 0.717) is 23.1 Å². The molecule has 0 aliphatic heterocycles. The molecule has 0 saturated carbocycles. The lowest BCUT2D eigenvalue weighted by Crippen LogP contribution is -2.03. The molecule has 0 aliphatic rings. The van der Waals surface area contributed by atoms with Crippen LogP contribution in [0.5, 0.6) is 0 Å². The van der Waals surface area contributed by atoms with Crippen molar-refractivity contribution >= 4 is 28.8 Å². The standard InChI is InChI=1S/C23H18Cl2N6/c24-18-7-5-16(6-8-18)22-23(31-10-2-1-3-21(31)27-22)20-14-30(29-28-20)13-15-4-9-19(25)17(11-15)12-26/h1-11,14H,12-13,26H2. The quantitative estimate of drug-likeness (QED) is 0.407. The van der Waals surface area contributed by atoms with E-state index < -0.39 is 0 Å². The Morgan fingerprint density at radius 1 is 0.968 bits per heavy atom. The topological polar surface area (TPSA) is 74.0 Å². The number of halogens is 2. The van der Waals surface area contributed by atoms with Crippen LogP contribution in [0.15, 0.2) is 73.1 Å². The van der Waals surface area contributed by atoms with Gasteiger partial charge in [0.25, 0.3) is 0 Å². The molecule has 0 spiro atoms. The minimum atomic E-state index is 0.390. The molecule has 6 nitrogen and oxygen atoms in total. The molecular weight excluding hydrogens is 431 g/mol. The van der Waals surface area contributed by atoms with E-state index in [4.69, 9.17) is 33.9 Å². The van der Waals surface area contributed by atoms with Gasteiger partial charge in [0.15, 0.2) is 0 Å². The Hall–Kier alpha value is -3.19. The van der Waals surface area contributed by atoms with Crippen molar-refractivity contribution in [1.82, 2.24) is 24.4 Å². The van der Waals surface area contributed by atoms with Crippen molar-refractivity contribution in [2.24, 2.45) is 5.73 Å². The van der Waals surface area contributed by atoms with Crippen LogP contribution in [0.4, 0.5) is 0 Å². The van der Waals surface area contributed by atoms with Gasteiger partial charge in [-0.3, -0.25) is 4.40 Å². The molecule has 3 heterocycles. The third-order valence-corrected chi connectivity index (χ3v) is 5.72. The molecule has 154 valence electrons. The molecule has 0 radical (unpaired) electrons. The highest BCUT2D eigenvalue weighted by atomic mass is 35.5. The zero-order chi connectivity index (χ0) is 21.4. The number of hydrogen-bond acceptors (Lipinski definition) is 4. The van der Waals surface area contributed by atoms with Crippen molar-refractivity contribution in [3.05, 3.63) is 94.2 Å². The first-order chi connectivity index (χ1) is 15.1. The van der Waals surface area contributed by atoms with Gasteiger partial charge in [-0.05, 0) is 41.5 Å². The van der Waals surface area contributed by atoms with E-state index in [1.807, 2.05) is 77.5 Å². The summed E-state index contributed by atoms with van der Waals surface area (Å²) in [6.45, 7) is 0.950. The number of pyridine rings is 1. The maximum atomic E-state index is 6.18. The van der Waals surface area contributed by atoms with Crippen LogP contribution in [0.2, 0.25) is 10.0 Å². The van der Waals surface area contributed by atoms with Gasteiger partial charge in [-0.25, -0.2) is 9.67 Å². The highest BCUT2D eigenvalue weighted by Gasteiger charge is 2.18. The van der Waals surface area contributed by atoms with E-state index in [0.717, 1.165) is 39.4 Å². The summed E-state index contributed by atoms with van der Waals surface area (Å²) in [5.41, 5.74) is 12.0. The molecule has 5 aromatic rings. The van der Waals surface area contributed by atoms with Gasteiger partial charge in [-0.2, -0.15) is 0 Å². The molecule has 0 atom stereocenters. The van der Waals surface area contributed by atoms with Gasteiger partial charge in [-0.1, -0.05) is 58.7 Å². The summed E-state index contributed by atoms with van der Waals surface area (Å²) in [7, 11) is 0. The highest BCUT2D eigenvalue weighted by molar-refractivity contribution is 6.31. The number of nitrogens with zero attached hydrogens (tertiary/aromatic N) is 5. The number of rotatable bonds is 5. The second-order valence-electron chi connectivity index (χ2n) is 7.18. The summed E-state index contributed by atoms with van der Waals surface area (Å²) in [4.78, 5) is 4.83. The van der Waals surface area contributed by atoms with Gasteiger partial charge >= 0.3 is 0 Å². The number of benzene rings is 2. The highest BCUT2D eigenvalue weighted by Crippen LogP contribution is 2.32. The van der Waals surface area contributed by atoms with Crippen molar-refractivity contribution in [2.45, 2.75) is 13.1 Å². The van der Waals surface area contributed by atoms with Gasteiger partial charge in [-0.15, -0.1) is 5.10 Å². The van der Waals surface area contributed by atoms with Crippen LogP contribution in [-0.4, -0.2) is 24.4 Å². The molecule has 0 bridgehead atoms. The SMILES string of the molecule is NCc1cc(Cn2cc(-c3c(-c4ccc(Cl)cc4)nc4ccccn34)nn2)ccc1Cl. The maximum Gasteiger partial charge on any atom is 0.137 e. The second-order valence-corrected chi connectivity index (χ2v) is 8.02. The van der Waals surface area contributed by atoms with E-state index in [1.54, 1.807) is 4.68 Å². The summed E-state index contributed by atoms with van der Waals surface area (Å²) in [6, 6.07) is 19.4. The first-order valence-electron chi connectivity index (χ1n) is 9.73. The molecule has 2 N–H and O–H groups in total. The number of imidazole rings is 1. The summed E-state index contributed by atoms with van der Waals surface area (Å²) in [5.74, 6) is 0. The smallest absolute Gasteiger partial charge is 0.137 e. The molecule has 8 heteroatoms. The van der Waals surface area contributed by atoms with E-state index in [2.05, 4.69) is 10.3 Å². The molecule has 0 amide bonds. The molecule has 31 heavy (non-hydrogen) atoms. The maximum absolute atomic E-state index is 6.18. The molecule has 3 aromatic heterocycles. The number of fused-ring (bicyclic) bond motifs is 1. The molecule has 0 saturated heterocycles. The molecule has 0 fully saturated rings. The van der Waals surface area contributed by atoms with E-state index in [1.165, 1.54) is 0 Å². The molecule has 5 rings (SSSR count). The molecule has 2 aromatic carbocycles.